The second-order valence-electron chi connectivity index (χ2n) is 14.3. The van der Waals surface area contributed by atoms with Gasteiger partial charge in [0.1, 0.15) is 23.0 Å². The summed E-state index contributed by atoms with van der Waals surface area (Å²) in [5.41, 5.74) is 12.5. The Morgan fingerprint density at radius 2 is 0.483 bits per heavy atom. The third-order valence-electron chi connectivity index (χ3n) is 11.4. The van der Waals surface area contributed by atoms with Gasteiger partial charge in [-0.25, -0.2) is 0 Å². The molecule has 0 spiro atoms. The van der Waals surface area contributed by atoms with Gasteiger partial charge < -0.3 is 20.4 Å². The van der Waals surface area contributed by atoms with E-state index in [-0.39, 0.29) is 23.0 Å². The molecule has 4 N–H and O–H groups in total. The Kier molecular flexibility index (Phi) is 9.88. The van der Waals surface area contributed by atoms with Crippen molar-refractivity contribution in [1.82, 2.24) is 0 Å². The summed E-state index contributed by atoms with van der Waals surface area (Å²) in [6, 6.07) is 56.5. The van der Waals surface area contributed by atoms with Crippen LogP contribution in [-0.4, -0.2) is 20.4 Å². The van der Waals surface area contributed by atoms with Crippen LogP contribution in [0, 0.1) is 0 Å². The molecule has 8 aromatic rings. The van der Waals surface area contributed by atoms with Gasteiger partial charge in [0.05, 0.1) is 28.7 Å². The Labute approximate surface area is 369 Å². The van der Waals surface area contributed by atoms with Gasteiger partial charge in [-0.05, 0) is 179 Å². The summed E-state index contributed by atoms with van der Waals surface area (Å²) in [4.78, 5) is 0. The van der Waals surface area contributed by atoms with Crippen molar-refractivity contribution in [3.63, 3.8) is 0 Å². The van der Waals surface area contributed by atoms with E-state index in [0.29, 0.717) is 17.9 Å². The minimum absolute atomic E-state index is 0.204. The maximum absolute atomic E-state index is 10.1. The highest BCUT2D eigenvalue weighted by Gasteiger charge is 2.47. The van der Waals surface area contributed by atoms with Gasteiger partial charge in [0.25, 0.3) is 0 Å². The summed E-state index contributed by atoms with van der Waals surface area (Å²) in [7, 11) is 0. The van der Waals surface area contributed by atoms with Gasteiger partial charge in [-0.15, -0.1) is 0 Å². The van der Waals surface area contributed by atoms with Crippen LogP contribution in [-0.2, 0) is 10.8 Å². The summed E-state index contributed by atoms with van der Waals surface area (Å²) in [5.74, 6) is 0.816. The number of aromatic hydroxyl groups is 4. The first-order chi connectivity index (χ1) is 28.1. The van der Waals surface area contributed by atoms with E-state index in [2.05, 4.69) is 161 Å². The van der Waals surface area contributed by atoms with Crippen LogP contribution in [0.2, 0.25) is 0 Å². The van der Waals surface area contributed by atoms with Crippen molar-refractivity contribution >= 4 is 63.7 Å². The van der Waals surface area contributed by atoms with Crippen molar-refractivity contribution in [3.8, 4) is 45.3 Å². The molecule has 58 heavy (non-hydrogen) atoms. The maximum atomic E-state index is 10.1. The molecule has 0 amide bonds. The molecule has 2 aliphatic carbocycles. The van der Waals surface area contributed by atoms with Gasteiger partial charge in [-0.2, -0.15) is 0 Å². The molecule has 0 aliphatic heterocycles. The van der Waals surface area contributed by atoms with Crippen LogP contribution in [0.4, 0.5) is 0 Å². The van der Waals surface area contributed by atoms with Gasteiger partial charge >= 0.3 is 0 Å². The standard InChI is InChI=1S/2C25H16Br2O2/c2*26-21-13-15(9-11-23(21)28)25(16-10-12-24(29)22(27)14-16)19-7-3-1-5-17(19)18-6-2-4-8-20(18)25/h2*1-14,28-29H. The normalized spacial score (nSPS) is 13.7. The minimum Gasteiger partial charge on any atom is -0.507 e. The van der Waals surface area contributed by atoms with Crippen LogP contribution < -0.4 is 0 Å². The van der Waals surface area contributed by atoms with Crippen LogP contribution in [0.1, 0.15) is 44.5 Å². The Morgan fingerprint density at radius 1 is 0.276 bits per heavy atom. The summed E-state index contributed by atoms with van der Waals surface area (Å²) >= 11 is 14.0. The van der Waals surface area contributed by atoms with Crippen LogP contribution in [0.5, 0.6) is 23.0 Å². The first-order valence-electron chi connectivity index (χ1n) is 18.4. The predicted molar refractivity (Wildman–Crippen MR) is 245 cm³/mol. The van der Waals surface area contributed by atoms with Crippen LogP contribution in [0.25, 0.3) is 22.3 Å². The zero-order valence-corrected chi connectivity index (χ0v) is 36.8. The van der Waals surface area contributed by atoms with E-state index in [9.17, 15) is 20.4 Å². The number of hydrogen-bond donors (Lipinski definition) is 4. The zero-order valence-electron chi connectivity index (χ0n) is 30.5. The summed E-state index contributed by atoms with van der Waals surface area (Å²) in [6.45, 7) is 0. The molecule has 0 saturated carbocycles. The highest BCUT2D eigenvalue weighted by atomic mass is 79.9. The van der Waals surface area contributed by atoms with Crippen molar-refractivity contribution in [1.29, 1.82) is 0 Å². The molecule has 0 radical (unpaired) electrons. The Balaban J connectivity index is 0.000000150. The lowest BCUT2D eigenvalue weighted by Gasteiger charge is -2.34. The lowest BCUT2D eigenvalue weighted by Crippen LogP contribution is -2.28. The first kappa shape index (κ1) is 38.4. The zero-order chi connectivity index (χ0) is 40.3. The van der Waals surface area contributed by atoms with Crippen molar-refractivity contribution in [3.05, 3.63) is 232 Å². The first-order valence-corrected chi connectivity index (χ1v) is 21.6. The molecule has 0 unspecified atom stereocenters. The van der Waals surface area contributed by atoms with Gasteiger partial charge in [-0.3, -0.25) is 0 Å². The SMILES string of the molecule is Oc1ccc(C2(c3ccc(O)c(Br)c3)c3ccccc3-c3ccccc32)cc1Br.Oc1ccc(C2(c3ccc(O)c(Br)c3)c3ccccc3-c3ccccc32)cc1Br. The molecule has 0 bridgehead atoms. The number of phenolic OH excluding ortho intramolecular Hbond substituents is 4. The van der Waals surface area contributed by atoms with Gasteiger partial charge in [0, 0.05) is 0 Å². The molecule has 0 atom stereocenters. The number of phenols is 4. The van der Waals surface area contributed by atoms with E-state index in [0.717, 1.165) is 22.3 Å². The topological polar surface area (TPSA) is 80.9 Å². The number of halogens is 4. The number of rotatable bonds is 4. The van der Waals surface area contributed by atoms with E-state index in [1.165, 1.54) is 44.5 Å². The summed E-state index contributed by atoms with van der Waals surface area (Å²) < 4.78 is 2.59. The lowest BCUT2D eigenvalue weighted by atomic mass is 9.68. The Morgan fingerprint density at radius 3 is 0.690 bits per heavy atom. The van der Waals surface area contributed by atoms with Gasteiger partial charge in [0.2, 0.25) is 0 Å². The van der Waals surface area contributed by atoms with Crippen LogP contribution >= 0.6 is 63.7 Å². The van der Waals surface area contributed by atoms with E-state index >= 15 is 0 Å². The molecule has 8 aromatic carbocycles. The Bertz CT molecular complexity index is 2530. The molecule has 284 valence electrons. The number of benzene rings is 8. The van der Waals surface area contributed by atoms with Crippen molar-refractivity contribution in [2.24, 2.45) is 0 Å². The fraction of sp³-hybridized carbons (Fsp3) is 0.0400. The fourth-order valence-corrected chi connectivity index (χ4v) is 10.5. The van der Waals surface area contributed by atoms with E-state index in [1.54, 1.807) is 24.3 Å². The molecule has 10 rings (SSSR count). The second kappa shape index (κ2) is 14.9. The third-order valence-corrected chi connectivity index (χ3v) is 14.0. The Hall–Kier alpha value is -5.12. The van der Waals surface area contributed by atoms with Crippen molar-refractivity contribution < 1.29 is 20.4 Å². The molecular formula is C50H32Br4O4. The number of fused-ring (bicyclic) bond motifs is 6. The molecule has 0 saturated heterocycles. The monoisotopic (exact) mass is 1010 g/mol. The largest absolute Gasteiger partial charge is 0.507 e. The third kappa shape index (κ3) is 5.87. The average Bonchev–Trinajstić information content (AvgIpc) is 3.71. The molecule has 0 fully saturated rings. The fourth-order valence-electron chi connectivity index (χ4n) is 9.01. The van der Waals surface area contributed by atoms with Crippen molar-refractivity contribution in [2.75, 3.05) is 0 Å². The van der Waals surface area contributed by atoms with Gasteiger partial charge in [-0.1, -0.05) is 121 Å². The molecule has 0 aromatic heterocycles. The maximum Gasteiger partial charge on any atom is 0.129 e. The summed E-state index contributed by atoms with van der Waals surface area (Å²) in [5, 5.41) is 40.5. The lowest BCUT2D eigenvalue weighted by molar-refractivity contribution is 0.470. The number of hydrogen-bond acceptors (Lipinski definition) is 4. The smallest absolute Gasteiger partial charge is 0.129 e. The van der Waals surface area contributed by atoms with E-state index in [4.69, 9.17) is 0 Å². The minimum atomic E-state index is -0.570. The quantitative estimate of drug-likeness (QED) is 0.142. The van der Waals surface area contributed by atoms with Gasteiger partial charge in [0.15, 0.2) is 0 Å². The molecular weight excluding hydrogens is 984 g/mol. The highest BCUT2D eigenvalue weighted by molar-refractivity contribution is 9.11. The average molecular weight is 1020 g/mol. The van der Waals surface area contributed by atoms with Crippen LogP contribution in [0.15, 0.2) is 188 Å². The molecule has 0 heterocycles. The highest BCUT2D eigenvalue weighted by Crippen LogP contribution is 2.58. The van der Waals surface area contributed by atoms with E-state index < -0.39 is 10.8 Å². The summed E-state index contributed by atoms with van der Waals surface area (Å²) in [6.07, 6.45) is 0. The molecule has 2 aliphatic rings. The second-order valence-corrected chi connectivity index (χ2v) is 17.8. The van der Waals surface area contributed by atoms with Crippen molar-refractivity contribution in [2.45, 2.75) is 10.8 Å². The molecule has 8 heteroatoms. The molecule has 4 nitrogen and oxygen atoms in total. The predicted octanol–water partition coefficient (Wildman–Crippen LogP) is 14.0. The van der Waals surface area contributed by atoms with E-state index in [1.807, 2.05) is 48.5 Å². The van der Waals surface area contributed by atoms with Crippen LogP contribution in [0.3, 0.4) is 0 Å².